The molecule has 2 saturated heterocycles. The number of carbonyl (C=O) groups excluding carboxylic acids is 2. The number of nitrogens with zero attached hydrogens (tertiary/aromatic N) is 7. The topological polar surface area (TPSA) is 125 Å². The fraction of sp³-hybridized carbons (Fsp3) is 0.409. The zero-order valence-electron chi connectivity index (χ0n) is 19.0. The van der Waals surface area contributed by atoms with Gasteiger partial charge in [-0.2, -0.15) is 0 Å². The Labute approximate surface area is 199 Å². The second-order valence-electron chi connectivity index (χ2n) is 8.62. The van der Waals surface area contributed by atoms with E-state index in [0.29, 0.717) is 32.7 Å². The number of likely N-dealkylation sites (tertiary alicyclic amines) is 1. The fourth-order valence-electron chi connectivity index (χ4n) is 4.58. The number of nitrogen functional groups attached to an aromatic ring is 1. The number of nitrogens with one attached hydrogen (secondary N) is 1. The van der Waals surface area contributed by atoms with Crippen LogP contribution in [0.3, 0.4) is 0 Å². The van der Waals surface area contributed by atoms with Crippen LogP contribution in [0.2, 0.25) is 0 Å². The quantitative estimate of drug-likeness (QED) is 0.548. The second-order valence-corrected chi connectivity index (χ2v) is 8.62. The number of nitrogens with two attached hydrogens (primary N) is 1. The third kappa shape index (κ3) is 4.58. The normalized spacial score (nSPS) is 16.7. The summed E-state index contributed by atoms with van der Waals surface area (Å²) in [6.45, 7) is 3.97. The molecule has 3 N–H and O–H groups in total. The highest BCUT2D eigenvalue weighted by molar-refractivity contribution is 6.12. The zero-order chi connectivity index (χ0) is 24.5. The lowest BCUT2D eigenvalue weighted by atomic mass is 10.2. The molecular weight excluding hydrogens is 460 g/mol. The predicted molar refractivity (Wildman–Crippen MR) is 124 cm³/mol. The van der Waals surface area contributed by atoms with Crippen molar-refractivity contribution in [3.8, 4) is 0 Å². The van der Waals surface area contributed by atoms with Gasteiger partial charge in [-0.1, -0.05) is 0 Å². The summed E-state index contributed by atoms with van der Waals surface area (Å²) in [6, 6.07) is 0. The molecule has 0 bridgehead atoms. The van der Waals surface area contributed by atoms with Crippen LogP contribution in [0.1, 0.15) is 23.2 Å². The van der Waals surface area contributed by atoms with Gasteiger partial charge in [-0.05, 0) is 25.9 Å². The maximum Gasteiger partial charge on any atom is 0.263 e. The molecule has 184 valence electrons. The Balaban J connectivity index is 1.31. The smallest absolute Gasteiger partial charge is 0.263 e. The van der Waals surface area contributed by atoms with Crippen molar-refractivity contribution in [3.05, 3.63) is 42.0 Å². The van der Waals surface area contributed by atoms with Crippen molar-refractivity contribution in [1.82, 2.24) is 29.4 Å². The van der Waals surface area contributed by atoms with E-state index in [1.807, 2.05) is 0 Å². The Bertz CT molecular complexity index is 1270. The molecule has 3 aromatic rings. The number of carbonyl (C=O) groups is 2. The minimum atomic E-state index is -0.676. The molecular formula is C22H25F2N9O2. The van der Waals surface area contributed by atoms with Gasteiger partial charge in [0.1, 0.15) is 11.3 Å². The van der Waals surface area contributed by atoms with E-state index in [0.717, 1.165) is 49.0 Å². The van der Waals surface area contributed by atoms with Crippen molar-refractivity contribution in [2.24, 2.45) is 0 Å². The number of aromatic nitrogens is 4. The highest BCUT2D eigenvalue weighted by Gasteiger charge is 2.28. The highest BCUT2D eigenvalue weighted by atomic mass is 19.1. The number of hydrogen-bond acceptors (Lipinski definition) is 8. The molecule has 11 nitrogen and oxygen atoms in total. The Hall–Kier alpha value is -3.87. The van der Waals surface area contributed by atoms with Crippen molar-refractivity contribution in [2.75, 3.05) is 61.8 Å². The van der Waals surface area contributed by atoms with Gasteiger partial charge in [0, 0.05) is 26.2 Å². The summed E-state index contributed by atoms with van der Waals surface area (Å²) < 4.78 is 29.4. The zero-order valence-corrected chi connectivity index (χ0v) is 19.0. The summed E-state index contributed by atoms with van der Waals surface area (Å²) >= 11 is 0. The molecule has 2 aliphatic rings. The molecule has 5 rings (SSSR count). The van der Waals surface area contributed by atoms with Crippen LogP contribution in [0.25, 0.3) is 5.65 Å². The predicted octanol–water partition coefficient (Wildman–Crippen LogP) is 0.981. The fourth-order valence-corrected chi connectivity index (χ4v) is 4.58. The molecule has 35 heavy (non-hydrogen) atoms. The highest BCUT2D eigenvalue weighted by Crippen LogP contribution is 2.30. The van der Waals surface area contributed by atoms with Gasteiger partial charge in [-0.15, -0.1) is 5.10 Å². The van der Waals surface area contributed by atoms with E-state index in [2.05, 4.69) is 25.3 Å². The summed E-state index contributed by atoms with van der Waals surface area (Å²) in [5.74, 6) is -1.99. The summed E-state index contributed by atoms with van der Waals surface area (Å²) in [7, 11) is 0. The molecule has 0 saturated carbocycles. The minimum Gasteiger partial charge on any atom is -0.381 e. The third-order valence-corrected chi connectivity index (χ3v) is 6.32. The van der Waals surface area contributed by atoms with Gasteiger partial charge in [0.2, 0.25) is 5.91 Å². The molecule has 2 amide bonds. The molecule has 0 aliphatic carbocycles. The van der Waals surface area contributed by atoms with Crippen LogP contribution < -0.4 is 16.0 Å². The van der Waals surface area contributed by atoms with Crippen molar-refractivity contribution < 1.29 is 18.4 Å². The average Bonchev–Trinajstić information content (AvgIpc) is 3.45. The first-order valence-electron chi connectivity index (χ1n) is 11.4. The maximum absolute atomic E-state index is 14.9. The number of pyridine rings is 1. The molecule has 0 spiro atoms. The van der Waals surface area contributed by atoms with Crippen LogP contribution in [-0.2, 0) is 4.79 Å². The summed E-state index contributed by atoms with van der Waals surface area (Å²) in [4.78, 5) is 39.2. The monoisotopic (exact) mass is 485 g/mol. The molecule has 2 fully saturated rings. The summed E-state index contributed by atoms with van der Waals surface area (Å²) in [5.41, 5.74) is 6.20. The number of anilines is 3. The summed E-state index contributed by atoms with van der Waals surface area (Å²) in [5, 5.41) is 6.56. The van der Waals surface area contributed by atoms with Gasteiger partial charge < -0.3 is 20.9 Å². The van der Waals surface area contributed by atoms with Crippen LogP contribution in [-0.4, -0.2) is 87.0 Å². The number of hydrogen-bond donors (Lipinski definition) is 2. The van der Waals surface area contributed by atoms with E-state index in [1.54, 1.807) is 9.80 Å². The van der Waals surface area contributed by atoms with Gasteiger partial charge in [0.25, 0.3) is 5.91 Å². The Kier molecular flexibility index (Phi) is 6.16. The molecule has 0 radical (unpaired) electrons. The van der Waals surface area contributed by atoms with Gasteiger partial charge >= 0.3 is 0 Å². The van der Waals surface area contributed by atoms with E-state index in [1.165, 1.54) is 6.20 Å². The van der Waals surface area contributed by atoms with E-state index < -0.39 is 17.5 Å². The van der Waals surface area contributed by atoms with Gasteiger partial charge in [-0.3, -0.25) is 19.5 Å². The molecule has 5 heterocycles. The average molecular weight is 485 g/mol. The summed E-state index contributed by atoms with van der Waals surface area (Å²) in [6.07, 6.45) is 6.65. The lowest BCUT2D eigenvalue weighted by Gasteiger charge is -2.37. The Morgan fingerprint density at radius 2 is 1.77 bits per heavy atom. The minimum absolute atomic E-state index is 0.0578. The first-order chi connectivity index (χ1) is 16.9. The van der Waals surface area contributed by atoms with Crippen LogP contribution in [0, 0.1) is 11.6 Å². The van der Waals surface area contributed by atoms with Gasteiger partial charge in [0.15, 0.2) is 23.1 Å². The number of piperazine rings is 1. The van der Waals surface area contributed by atoms with Crippen LogP contribution in [0.15, 0.2) is 24.8 Å². The molecule has 3 aromatic heterocycles. The van der Waals surface area contributed by atoms with E-state index in [4.69, 9.17) is 5.73 Å². The van der Waals surface area contributed by atoms with E-state index in [-0.39, 0.29) is 34.3 Å². The molecule has 0 unspecified atom stereocenters. The number of amides is 2. The Morgan fingerprint density at radius 3 is 2.51 bits per heavy atom. The SMILES string of the molecule is Nc1nn2cc(F)cnc2c1C(=O)Nc1cncc(F)c1N1CCN(C(=O)CN2CCCC2)CC1. The number of fused-ring (bicyclic) bond motifs is 1. The first kappa shape index (κ1) is 22.9. The van der Waals surface area contributed by atoms with Crippen LogP contribution >= 0.6 is 0 Å². The third-order valence-electron chi connectivity index (χ3n) is 6.32. The second kappa shape index (κ2) is 9.41. The van der Waals surface area contributed by atoms with Gasteiger partial charge in [-0.25, -0.2) is 18.3 Å². The Morgan fingerprint density at radius 1 is 1.03 bits per heavy atom. The number of rotatable bonds is 5. The van der Waals surface area contributed by atoms with Crippen molar-refractivity contribution in [3.63, 3.8) is 0 Å². The lowest BCUT2D eigenvalue weighted by Crippen LogP contribution is -2.51. The molecule has 0 aromatic carbocycles. The number of halogens is 2. The van der Waals surface area contributed by atoms with Crippen molar-refractivity contribution >= 4 is 34.7 Å². The van der Waals surface area contributed by atoms with E-state index in [9.17, 15) is 18.4 Å². The standard InChI is InChI=1S/C22H25F2N9O2/c23-14-9-27-21-18(20(25)29-33(21)12-14)22(35)28-16-11-26-10-15(24)19(16)32-7-5-31(6-8-32)17(34)13-30-3-1-2-4-30/h9-12H,1-8,13H2,(H2,25,29)(H,28,35). The molecule has 0 atom stereocenters. The van der Waals surface area contributed by atoms with Gasteiger partial charge in [0.05, 0.1) is 37.0 Å². The van der Waals surface area contributed by atoms with Crippen molar-refractivity contribution in [1.29, 1.82) is 0 Å². The van der Waals surface area contributed by atoms with Crippen LogP contribution in [0.4, 0.5) is 26.0 Å². The lowest BCUT2D eigenvalue weighted by molar-refractivity contribution is -0.132. The maximum atomic E-state index is 14.9. The molecule has 2 aliphatic heterocycles. The van der Waals surface area contributed by atoms with Crippen LogP contribution in [0.5, 0.6) is 0 Å². The van der Waals surface area contributed by atoms with Crippen molar-refractivity contribution in [2.45, 2.75) is 12.8 Å². The first-order valence-corrected chi connectivity index (χ1v) is 11.4. The largest absolute Gasteiger partial charge is 0.381 e. The molecule has 13 heteroatoms. The van der Waals surface area contributed by atoms with E-state index >= 15 is 0 Å².